The molecule has 5 nitrogen and oxygen atoms in total. The molecule has 0 aliphatic rings. The zero-order valence-electron chi connectivity index (χ0n) is 14.1. The molecule has 27 heavy (non-hydrogen) atoms. The van der Waals surface area contributed by atoms with Gasteiger partial charge in [0.2, 0.25) is 0 Å². The Kier molecular flexibility index (Phi) is 5.96. The minimum Gasteiger partial charge on any atom is -0.352 e. The molecular weight excluding hydrogens is 387 g/mol. The minimum absolute atomic E-state index is 0.186. The summed E-state index contributed by atoms with van der Waals surface area (Å²) in [6.07, 6.45) is 0.635. The normalized spacial score (nSPS) is 10.6. The summed E-state index contributed by atoms with van der Waals surface area (Å²) in [6, 6.07) is 15.6. The average Bonchev–Trinajstić information content (AvgIpc) is 2.69. The Labute approximate surface area is 165 Å². The molecule has 138 valence electrons. The van der Waals surface area contributed by atoms with Crippen LogP contribution in [-0.4, -0.2) is 23.6 Å². The highest BCUT2D eigenvalue weighted by Crippen LogP contribution is 2.22. The van der Waals surface area contributed by atoms with Crippen LogP contribution in [0, 0.1) is 0 Å². The number of benzene rings is 3. The van der Waals surface area contributed by atoms with E-state index in [1.165, 1.54) is 0 Å². The van der Waals surface area contributed by atoms with Gasteiger partial charge in [-0.05, 0) is 59.2 Å². The van der Waals surface area contributed by atoms with Gasteiger partial charge in [-0.1, -0.05) is 41.4 Å². The molecule has 0 atom stereocenters. The summed E-state index contributed by atoms with van der Waals surface area (Å²) in [6.45, 7) is 0.463. The van der Waals surface area contributed by atoms with Crippen molar-refractivity contribution in [2.24, 2.45) is 0 Å². The van der Waals surface area contributed by atoms with E-state index in [0.29, 0.717) is 34.1 Å². The van der Waals surface area contributed by atoms with Crippen LogP contribution in [0.4, 0.5) is 0 Å². The van der Waals surface area contributed by atoms with Crippen LogP contribution < -0.4 is 10.8 Å². The van der Waals surface area contributed by atoms with Crippen molar-refractivity contribution in [3.63, 3.8) is 0 Å². The SMILES string of the molecule is O=C(NO)c1ccc2cc(C(=O)NCCc3ccc(Cl)c(Cl)c3)ccc2c1. The van der Waals surface area contributed by atoms with Crippen LogP contribution in [0.2, 0.25) is 10.0 Å². The van der Waals surface area contributed by atoms with E-state index in [1.807, 2.05) is 6.07 Å². The largest absolute Gasteiger partial charge is 0.352 e. The highest BCUT2D eigenvalue weighted by atomic mass is 35.5. The molecule has 0 radical (unpaired) electrons. The molecule has 3 aromatic rings. The summed E-state index contributed by atoms with van der Waals surface area (Å²) in [5.74, 6) is -0.768. The molecule has 3 N–H and O–H groups in total. The maximum Gasteiger partial charge on any atom is 0.274 e. The maximum atomic E-state index is 12.4. The van der Waals surface area contributed by atoms with E-state index in [2.05, 4.69) is 5.32 Å². The van der Waals surface area contributed by atoms with Gasteiger partial charge in [-0.15, -0.1) is 0 Å². The summed E-state index contributed by atoms with van der Waals surface area (Å²) in [5.41, 5.74) is 3.45. The van der Waals surface area contributed by atoms with Crippen molar-refractivity contribution in [1.29, 1.82) is 0 Å². The van der Waals surface area contributed by atoms with E-state index >= 15 is 0 Å². The lowest BCUT2D eigenvalue weighted by Gasteiger charge is -2.08. The van der Waals surface area contributed by atoms with Gasteiger partial charge in [-0.25, -0.2) is 5.48 Å². The summed E-state index contributed by atoms with van der Waals surface area (Å²) in [5, 5.41) is 14.2. The summed E-state index contributed by atoms with van der Waals surface area (Å²) >= 11 is 11.9. The second-order valence-electron chi connectivity index (χ2n) is 5.97. The Balaban J connectivity index is 1.66. The molecule has 0 aliphatic carbocycles. The first-order chi connectivity index (χ1) is 13.0. The molecule has 0 saturated heterocycles. The van der Waals surface area contributed by atoms with Crippen molar-refractivity contribution in [3.8, 4) is 0 Å². The molecule has 2 amide bonds. The maximum absolute atomic E-state index is 12.4. The lowest BCUT2D eigenvalue weighted by atomic mass is 10.0. The van der Waals surface area contributed by atoms with Crippen molar-refractivity contribution >= 4 is 45.8 Å². The Morgan fingerprint density at radius 3 is 2.04 bits per heavy atom. The first-order valence-corrected chi connectivity index (χ1v) is 8.94. The number of halogens is 2. The van der Waals surface area contributed by atoms with Gasteiger partial charge in [-0.2, -0.15) is 0 Å². The fourth-order valence-electron chi connectivity index (χ4n) is 2.71. The molecular formula is C20H16Cl2N2O3. The van der Waals surface area contributed by atoms with E-state index < -0.39 is 5.91 Å². The zero-order chi connectivity index (χ0) is 19.4. The molecule has 0 spiro atoms. The number of carbonyl (C=O) groups excluding carboxylic acids is 2. The van der Waals surface area contributed by atoms with Gasteiger partial charge in [0.05, 0.1) is 10.0 Å². The third kappa shape index (κ3) is 4.57. The zero-order valence-corrected chi connectivity index (χ0v) is 15.6. The standard InChI is InChI=1S/C20H16Cl2N2O3/c21-17-6-1-12(9-18(17)22)7-8-23-19(25)15-4-2-14-11-16(20(26)24-27)5-3-13(14)10-15/h1-6,9-11,27H,7-8H2,(H,23,25)(H,24,26). The lowest BCUT2D eigenvalue weighted by molar-refractivity contribution is 0.0706. The highest BCUT2D eigenvalue weighted by molar-refractivity contribution is 6.42. The van der Waals surface area contributed by atoms with Crippen molar-refractivity contribution in [3.05, 3.63) is 81.3 Å². The molecule has 3 rings (SSSR count). The fraction of sp³-hybridized carbons (Fsp3) is 0.100. The number of hydrogen-bond donors (Lipinski definition) is 3. The van der Waals surface area contributed by atoms with E-state index in [9.17, 15) is 9.59 Å². The molecule has 0 aliphatic heterocycles. The second-order valence-corrected chi connectivity index (χ2v) is 6.79. The highest BCUT2D eigenvalue weighted by Gasteiger charge is 2.09. The van der Waals surface area contributed by atoms with Crippen LogP contribution in [-0.2, 0) is 6.42 Å². The second kappa shape index (κ2) is 8.39. The number of rotatable bonds is 5. The molecule has 0 aromatic heterocycles. The van der Waals surface area contributed by atoms with E-state index in [1.54, 1.807) is 54.0 Å². The van der Waals surface area contributed by atoms with E-state index in [0.717, 1.165) is 16.3 Å². The first-order valence-electron chi connectivity index (χ1n) is 8.18. The summed E-state index contributed by atoms with van der Waals surface area (Å²) in [4.78, 5) is 23.8. The van der Waals surface area contributed by atoms with Crippen LogP contribution in [0.15, 0.2) is 54.6 Å². The van der Waals surface area contributed by atoms with E-state index in [-0.39, 0.29) is 5.91 Å². The predicted octanol–water partition coefficient (Wildman–Crippen LogP) is 4.24. The predicted molar refractivity (Wildman–Crippen MR) is 106 cm³/mol. The van der Waals surface area contributed by atoms with Gasteiger partial charge in [0, 0.05) is 17.7 Å². The average molecular weight is 403 g/mol. The van der Waals surface area contributed by atoms with E-state index in [4.69, 9.17) is 28.4 Å². The van der Waals surface area contributed by atoms with Crippen LogP contribution in [0.5, 0.6) is 0 Å². The molecule has 0 bridgehead atoms. The number of nitrogens with one attached hydrogen (secondary N) is 2. The molecule has 0 fully saturated rings. The molecule has 3 aromatic carbocycles. The van der Waals surface area contributed by atoms with Crippen LogP contribution in [0.25, 0.3) is 10.8 Å². The summed E-state index contributed by atoms with van der Waals surface area (Å²) in [7, 11) is 0. The van der Waals surface area contributed by atoms with Crippen molar-refractivity contribution in [2.45, 2.75) is 6.42 Å². The van der Waals surface area contributed by atoms with Crippen LogP contribution in [0.1, 0.15) is 26.3 Å². The molecule has 0 heterocycles. The van der Waals surface area contributed by atoms with Crippen molar-refractivity contribution in [2.75, 3.05) is 6.54 Å². The van der Waals surface area contributed by atoms with Gasteiger partial charge in [0.25, 0.3) is 11.8 Å². The Bertz CT molecular complexity index is 1020. The van der Waals surface area contributed by atoms with Gasteiger partial charge in [0.15, 0.2) is 0 Å². The van der Waals surface area contributed by atoms with Crippen LogP contribution in [0.3, 0.4) is 0 Å². The minimum atomic E-state index is -0.582. The van der Waals surface area contributed by atoms with Gasteiger partial charge >= 0.3 is 0 Å². The van der Waals surface area contributed by atoms with Gasteiger partial charge < -0.3 is 5.32 Å². The van der Waals surface area contributed by atoms with Gasteiger partial charge in [-0.3, -0.25) is 14.8 Å². The number of hydrogen-bond acceptors (Lipinski definition) is 3. The van der Waals surface area contributed by atoms with Crippen molar-refractivity contribution in [1.82, 2.24) is 10.8 Å². The topological polar surface area (TPSA) is 78.4 Å². The Morgan fingerprint density at radius 2 is 1.44 bits per heavy atom. The molecule has 7 heteroatoms. The third-order valence-corrected chi connectivity index (χ3v) is 4.89. The Hall–Kier alpha value is -2.60. The molecule has 0 saturated carbocycles. The fourth-order valence-corrected chi connectivity index (χ4v) is 3.03. The third-order valence-electron chi connectivity index (χ3n) is 4.15. The van der Waals surface area contributed by atoms with Crippen LogP contribution >= 0.6 is 23.2 Å². The Morgan fingerprint density at radius 1 is 0.815 bits per heavy atom. The van der Waals surface area contributed by atoms with Gasteiger partial charge in [0.1, 0.15) is 0 Å². The van der Waals surface area contributed by atoms with Crippen molar-refractivity contribution < 1.29 is 14.8 Å². The smallest absolute Gasteiger partial charge is 0.274 e. The first kappa shape index (κ1) is 19.2. The lowest BCUT2D eigenvalue weighted by Crippen LogP contribution is -2.25. The number of hydroxylamine groups is 1. The number of fused-ring (bicyclic) bond motifs is 1. The molecule has 0 unspecified atom stereocenters. The number of amides is 2. The summed E-state index contributed by atoms with van der Waals surface area (Å²) < 4.78 is 0. The quantitative estimate of drug-likeness (QED) is 0.441. The number of carbonyl (C=O) groups is 2. The monoisotopic (exact) mass is 402 g/mol.